The van der Waals surface area contributed by atoms with Gasteiger partial charge in [-0.15, -0.1) is 0 Å². The van der Waals surface area contributed by atoms with Crippen LogP contribution in [-0.2, 0) is 13.0 Å². The highest BCUT2D eigenvalue weighted by Gasteiger charge is 2.26. The summed E-state index contributed by atoms with van der Waals surface area (Å²) in [5, 5.41) is 9.22. The number of aromatic nitrogens is 4. The first-order valence-corrected chi connectivity index (χ1v) is 12.9. The van der Waals surface area contributed by atoms with E-state index >= 15 is 0 Å². The van der Waals surface area contributed by atoms with Gasteiger partial charge in [0.2, 0.25) is 0 Å². The van der Waals surface area contributed by atoms with Crippen molar-refractivity contribution in [2.45, 2.75) is 78.3 Å². The maximum atomic E-state index is 13.9. The topological polar surface area (TPSA) is 75.9 Å². The lowest BCUT2D eigenvalue weighted by molar-refractivity contribution is 0.0757. The summed E-state index contributed by atoms with van der Waals surface area (Å²) in [6.07, 6.45) is 13.4. The minimum atomic E-state index is 0.0229. The van der Waals surface area contributed by atoms with Crippen molar-refractivity contribution < 1.29 is 4.79 Å². The molecule has 0 aliphatic heterocycles. The van der Waals surface area contributed by atoms with Crippen LogP contribution in [0.2, 0.25) is 0 Å². The van der Waals surface area contributed by atoms with Gasteiger partial charge in [-0.05, 0) is 51.2 Å². The fraction of sp³-hybridized carbons (Fsp3) is 0.556. The smallest absolute Gasteiger partial charge is 0.257 e. The molecule has 0 radical (unpaired) electrons. The summed E-state index contributed by atoms with van der Waals surface area (Å²) < 4.78 is 1.89. The number of nitrogens with one attached hydrogen (secondary N) is 1. The lowest BCUT2D eigenvalue weighted by Gasteiger charge is -2.30. The Hall–Kier alpha value is -2.96. The maximum Gasteiger partial charge on any atom is 0.257 e. The van der Waals surface area contributed by atoms with Gasteiger partial charge in [0.1, 0.15) is 0 Å². The van der Waals surface area contributed by atoms with Crippen LogP contribution in [0.1, 0.15) is 75.3 Å². The molecule has 1 unspecified atom stereocenters. The Morgan fingerprint density at radius 3 is 2.68 bits per heavy atom. The zero-order chi connectivity index (χ0) is 23.9. The molecule has 7 heteroatoms. The van der Waals surface area contributed by atoms with E-state index in [9.17, 15) is 4.79 Å². The average Bonchev–Trinajstić information content (AvgIpc) is 3.31. The molecule has 182 valence electrons. The Bertz CT molecular complexity index is 1070. The summed E-state index contributed by atoms with van der Waals surface area (Å²) in [6, 6.07) is 6.21. The SMILES string of the molecule is CCCN(CCc1ccccn1)C(=O)c1cnc2c(cnn2CC)c1NC(C)C1CCCCC1. The number of carbonyl (C=O) groups is 1. The molecular formula is C27H38N6O. The minimum absolute atomic E-state index is 0.0229. The van der Waals surface area contributed by atoms with Crippen molar-refractivity contribution in [2.24, 2.45) is 5.92 Å². The second kappa shape index (κ2) is 11.4. The van der Waals surface area contributed by atoms with Crippen molar-refractivity contribution in [1.82, 2.24) is 24.6 Å². The molecule has 3 aromatic rings. The number of carbonyl (C=O) groups excluding carboxylic acids is 1. The maximum absolute atomic E-state index is 13.9. The minimum Gasteiger partial charge on any atom is -0.381 e. The third-order valence-electron chi connectivity index (χ3n) is 7.07. The molecule has 4 rings (SSSR count). The Labute approximate surface area is 203 Å². The number of nitrogens with zero attached hydrogens (tertiary/aromatic N) is 5. The summed E-state index contributed by atoms with van der Waals surface area (Å²) in [5.74, 6) is 0.645. The predicted molar refractivity (Wildman–Crippen MR) is 137 cm³/mol. The van der Waals surface area contributed by atoms with Crippen LogP contribution >= 0.6 is 0 Å². The Balaban J connectivity index is 1.64. The highest BCUT2D eigenvalue weighted by molar-refractivity contribution is 6.06. The summed E-state index contributed by atoms with van der Waals surface area (Å²) in [6.45, 7) is 8.51. The number of hydrogen-bond acceptors (Lipinski definition) is 5. The quantitative estimate of drug-likeness (QED) is 0.441. The molecule has 34 heavy (non-hydrogen) atoms. The van der Waals surface area contributed by atoms with Gasteiger partial charge in [0, 0.05) is 50.2 Å². The van der Waals surface area contributed by atoms with Crippen LogP contribution in [0.15, 0.2) is 36.8 Å². The van der Waals surface area contributed by atoms with Crippen molar-refractivity contribution in [3.05, 3.63) is 48.0 Å². The molecule has 7 nitrogen and oxygen atoms in total. The van der Waals surface area contributed by atoms with Crippen LogP contribution in [0, 0.1) is 5.92 Å². The fourth-order valence-electron chi connectivity index (χ4n) is 5.11. The first kappa shape index (κ1) is 24.2. The van der Waals surface area contributed by atoms with Gasteiger partial charge < -0.3 is 10.2 Å². The van der Waals surface area contributed by atoms with Gasteiger partial charge in [-0.25, -0.2) is 9.67 Å². The molecule has 0 bridgehead atoms. The van der Waals surface area contributed by atoms with Crippen molar-refractivity contribution in [2.75, 3.05) is 18.4 Å². The highest BCUT2D eigenvalue weighted by Crippen LogP contribution is 2.32. The van der Waals surface area contributed by atoms with Gasteiger partial charge in [0.25, 0.3) is 5.91 Å². The second-order valence-electron chi connectivity index (χ2n) is 9.44. The number of anilines is 1. The lowest BCUT2D eigenvalue weighted by Crippen LogP contribution is -2.35. The van der Waals surface area contributed by atoms with Crippen LogP contribution in [0.3, 0.4) is 0 Å². The van der Waals surface area contributed by atoms with Crippen molar-refractivity contribution in [1.29, 1.82) is 0 Å². The molecule has 1 aliphatic carbocycles. The number of rotatable bonds is 10. The molecule has 3 heterocycles. The first-order valence-electron chi connectivity index (χ1n) is 12.9. The molecule has 1 aliphatic rings. The fourth-order valence-corrected chi connectivity index (χ4v) is 5.11. The molecule has 1 N–H and O–H groups in total. The third-order valence-corrected chi connectivity index (χ3v) is 7.07. The van der Waals surface area contributed by atoms with Crippen LogP contribution in [0.5, 0.6) is 0 Å². The lowest BCUT2D eigenvalue weighted by atomic mass is 9.84. The predicted octanol–water partition coefficient (Wildman–Crippen LogP) is 5.32. The van der Waals surface area contributed by atoms with E-state index in [4.69, 9.17) is 0 Å². The molecular weight excluding hydrogens is 424 g/mol. The molecule has 0 spiro atoms. The average molecular weight is 463 g/mol. The van der Waals surface area contributed by atoms with E-state index in [1.807, 2.05) is 34.0 Å². The van der Waals surface area contributed by atoms with Gasteiger partial charge >= 0.3 is 0 Å². The van der Waals surface area contributed by atoms with Crippen molar-refractivity contribution >= 4 is 22.6 Å². The zero-order valence-corrected chi connectivity index (χ0v) is 20.8. The molecule has 3 aromatic heterocycles. The molecule has 1 amide bonds. The van der Waals surface area contributed by atoms with Gasteiger partial charge in [-0.3, -0.25) is 9.78 Å². The van der Waals surface area contributed by atoms with E-state index in [0.29, 0.717) is 24.6 Å². The van der Waals surface area contributed by atoms with Crippen molar-refractivity contribution in [3.63, 3.8) is 0 Å². The summed E-state index contributed by atoms with van der Waals surface area (Å²) in [7, 11) is 0. The standard InChI is InChI=1S/C27H38N6O/c1-4-16-32(17-14-22-13-9-10-15-28-22)27(34)24-18-29-26-23(19-30-33(26)5-2)25(24)31-20(3)21-11-7-6-8-12-21/h9-10,13,15,18-21H,4-8,11-12,14,16-17H2,1-3H3,(H,29,31). The molecule has 0 saturated heterocycles. The summed E-state index contributed by atoms with van der Waals surface area (Å²) in [4.78, 5) is 24.9. The van der Waals surface area contributed by atoms with Gasteiger partial charge in [-0.2, -0.15) is 5.10 Å². The zero-order valence-electron chi connectivity index (χ0n) is 20.8. The van der Waals surface area contributed by atoms with E-state index in [2.05, 4.69) is 41.2 Å². The van der Waals surface area contributed by atoms with Gasteiger partial charge in [-0.1, -0.05) is 32.3 Å². The van der Waals surface area contributed by atoms with Crippen LogP contribution in [-0.4, -0.2) is 49.7 Å². The Kier molecular flexibility index (Phi) is 8.14. The number of fused-ring (bicyclic) bond motifs is 1. The number of hydrogen-bond donors (Lipinski definition) is 1. The monoisotopic (exact) mass is 462 g/mol. The normalized spacial score (nSPS) is 15.4. The van der Waals surface area contributed by atoms with Crippen LogP contribution in [0.25, 0.3) is 11.0 Å². The third kappa shape index (κ3) is 5.40. The van der Waals surface area contributed by atoms with E-state index in [1.165, 1.54) is 32.1 Å². The van der Waals surface area contributed by atoms with Gasteiger partial charge in [0.05, 0.1) is 22.8 Å². The summed E-state index contributed by atoms with van der Waals surface area (Å²) in [5.41, 5.74) is 3.35. The number of pyridine rings is 2. The first-order chi connectivity index (χ1) is 16.6. The highest BCUT2D eigenvalue weighted by atomic mass is 16.2. The van der Waals surface area contributed by atoms with E-state index < -0.39 is 0 Å². The van der Waals surface area contributed by atoms with Crippen molar-refractivity contribution in [3.8, 4) is 0 Å². The van der Waals surface area contributed by atoms with Crippen LogP contribution in [0.4, 0.5) is 5.69 Å². The largest absolute Gasteiger partial charge is 0.381 e. The second-order valence-corrected chi connectivity index (χ2v) is 9.44. The molecule has 1 atom stereocenters. The van der Waals surface area contributed by atoms with E-state index in [1.54, 1.807) is 12.4 Å². The Morgan fingerprint density at radius 2 is 1.97 bits per heavy atom. The van der Waals surface area contributed by atoms with E-state index in [0.717, 1.165) is 41.8 Å². The van der Waals surface area contributed by atoms with E-state index in [-0.39, 0.29) is 11.9 Å². The molecule has 1 fully saturated rings. The van der Waals surface area contributed by atoms with Gasteiger partial charge in [0.15, 0.2) is 5.65 Å². The summed E-state index contributed by atoms with van der Waals surface area (Å²) >= 11 is 0. The van der Waals surface area contributed by atoms with Crippen LogP contribution < -0.4 is 5.32 Å². The molecule has 1 saturated carbocycles. The Morgan fingerprint density at radius 1 is 1.15 bits per heavy atom. The molecule has 0 aromatic carbocycles. The number of aryl methyl sites for hydroxylation is 1. The number of amides is 1.